The second-order valence-electron chi connectivity index (χ2n) is 0.0589. The third-order valence-electron chi connectivity index (χ3n) is 0. The van der Waals surface area contributed by atoms with Crippen molar-refractivity contribution in [3.8, 4) is 0 Å². The zero-order chi connectivity index (χ0) is 2.71. The van der Waals surface area contributed by atoms with Gasteiger partial charge in [0.05, 0.1) is 0 Å². The van der Waals surface area contributed by atoms with Crippen LogP contribution in [-0.4, -0.2) is 11.0 Å². The van der Waals surface area contributed by atoms with Gasteiger partial charge in [-0.25, -0.2) is 0 Å². The van der Waals surface area contributed by atoms with Gasteiger partial charge in [-0.15, -0.1) is 0 Å². The molecule has 0 saturated heterocycles. The van der Waals surface area contributed by atoms with Gasteiger partial charge in [-0.1, -0.05) is 0 Å². The fourth-order valence-electron chi connectivity index (χ4n) is 0. The van der Waals surface area contributed by atoms with Crippen molar-refractivity contribution in [2.45, 2.75) is 0 Å². The summed E-state index contributed by atoms with van der Waals surface area (Å²) in [6, 6.07) is 0. The molecule has 0 atom stereocenters. The van der Waals surface area contributed by atoms with Crippen LogP contribution in [-0.2, 0) is 24.2 Å². The molecule has 0 aliphatic rings. The Bertz CT molecular complexity index is 27.0. The first-order chi connectivity index (χ1) is 1.41. The molecule has 2 nitrogen and oxygen atoms in total. The van der Waals surface area contributed by atoms with Crippen LogP contribution in [0.3, 0.4) is 0 Å². The van der Waals surface area contributed by atoms with E-state index in [0.717, 1.165) is 0 Å². The van der Waals surface area contributed by atoms with E-state index in [1.165, 1.54) is 0 Å². The van der Waals surface area contributed by atoms with Crippen LogP contribution in [0.2, 0.25) is 0 Å². The fourth-order valence-corrected chi connectivity index (χ4v) is 0. The summed E-state index contributed by atoms with van der Waals surface area (Å²) in [5.74, 6) is 0. The predicted molar refractivity (Wildman–Crippen MR) is 12.7 cm³/mol. The van der Waals surface area contributed by atoms with Crippen molar-refractivity contribution in [2.24, 2.45) is 0 Å². The maximum atomic E-state index is 8.46. The molecule has 0 aromatic rings. The molecule has 0 amide bonds. The van der Waals surface area contributed by atoms with Gasteiger partial charge < -0.3 is 0 Å². The largest absolute Gasteiger partial charge is 0.0149 e. The second-order valence-corrected chi connectivity index (χ2v) is 0.349. The molecule has 0 bridgehead atoms. The van der Waals surface area contributed by atoms with E-state index >= 15 is 0 Å². The fraction of sp³-hybridized carbons (Fsp3) is 0. The van der Waals surface area contributed by atoms with E-state index in [2.05, 4.69) is 0 Å². The minimum atomic E-state index is -1.79. The van der Waals surface area contributed by atoms with Crippen LogP contribution in [0, 0.1) is 0 Å². The van der Waals surface area contributed by atoms with Gasteiger partial charge in [0, 0.05) is 0 Å². The smallest absolute Gasteiger partial charge is 0.0149 e. The number of rotatable bonds is 0. The summed E-state index contributed by atoms with van der Waals surface area (Å²) >= 11 is -1.79. The summed E-state index contributed by atoms with van der Waals surface area (Å²) in [4.78, 5) is 0. The molecule has 0 aliphatic carbocycles. The van der Waals surface area contributed by atoms with Crippen LogP contribution in [0.15, 0.2) is 0 Å². The average Bonchev–Trinajstić information content (AvgIpc) is 0.918. The molecule has 0 aliphatic heterocycles. The minimum Gasteiger partial charge on any atom is -0.0149 e. The van der Waals surface area contributed by atoms with Gasteiger partial charge in [0.2, 0.25) is 0 Å². The molecule has 0 heterocycles. The van der Waals surface area contributed by atoms with Gasteiger partial charge in [-0.05, 0) is 11.0 Å². The van der Waals surface area contributed by atoms with Crippen LogP contribution in [0.1, 0.15) is 0 Å². The Morgan fingerprint density at radius 3 is 1.25 bits per heavy atom. The van der Waals surface area contributed by atoms with Crippen molar-refractivity contribution in [2.75, 3.05) is 0 Å². The molecule has 0 aromatic heterocycles. The second kappa shape index (κ2) is 9.88. The van der Waals surface area contributed by atoms with Gasteiger partial charge in [-0.2, -0.15) is 0 Å². The first-order valence-electron chi connectivity index (χ1n) is 0.289. The Labute approximate surface area is 35.7 Å². The monoisotopic (exact) mass is 166 g/mol. The molecule has 0 unspecified atom stereocenters. The van der Waals surface area contributed by atoms with Crippen LogP contribution in [0.25, 0.3) is 0 Å². The summed E-state index contributed by atoms with van der Waals surface area (Å²) < 4.78 is 16.9. The van der Waals surface area contributed by atoms with E-state index in [-0.39, 0.29) is 11.0 Å². The molecule has 0 N–H and O–H groups in total. The van der Waals surface area contributed by atoms with Crippen molar-refractivity contribution in [3.63, 3.8) is 0 Å². The molecule has 0 spiro atoms. The Hall–Kier alpha value is 0.440. The third kappa shape index (κ3) is 26.1. The van der Waals surface area contributed by atoms with E-state index in [1.807, 2.05) is 0 Å². The summed E-state index contributed by atoms with van der Waals surface area (Å²) in [7, 11) is 0. The van der Waals surface area contributed by atoms with E-state index in [4.69, 9.17) is 7.15 Å². The van der Waals surface area contributed by atoms with Gasteiger partial charge in [-0.3, -0.25) is 0 Å². The third-order valence-corrected chi connectivity index (χ3v) is 0. The predicted octanol–water partition coefficient (Wildman–Crippen LogP) is -1.69. The summed E-state index contributed by atoms with van der Waals surface area (Å²) in [5, 5.41) is 0. The van der Waals surface area contributed by atoms with Crippen molar-refractivity contribution in [1.29, 1.82) is 0 Å². The van der Waals surface area contributed by atoms with E-state index in [1.54, 1.807) is 0 Å². The van der Waals surface area contributed by atoms with Gasteiger partial charge in [0.1, 0.15) is 0 Å². The van der Waals surface area contributed by atoms with Crippen molar-refractivity contribution >= 4 is 11.0 Å². The van der Waals surface area contributed by atoms with Crippen LogP contribution in [0.5, 0.6) is 0 Å². The van der Waals surface area contributed by atoms with Crippen LogP contribution >= 0.6 is 0 Å². The molecule has 28 valence electrons. The Balaban J connectivity index is 0. The van der Waals surface area contributed by atoms with E-state index in [9.17, 15) is 0 Å². The number of hydrogen-bond acceptors (Lipinski definition) is 2. The molecular weight excluding hydrogens is 161 g/mol. The average molecular weight is 165 g/mol. The Morgan fingerprint density at radius 1 is 1.25 bits per heavy atom. The van der Waals surface area contributed by atoms with Gasteiger partial charge >= 0.3 is 24.2 Å². The SMILES string of the molecule is [O]=[Ru]=[O].[SiH4]. The maximum Gasteiger partial charge on any atom is -0.0149 e. The topological polar surface area (TPSA) is 34.1 Å². The number of hydrogen-bond donors (Lipinski definition) is 0. The Kier molecular flexibility index (Phi) is 21.8. The molecule has 0 saturated carbocycles. The zero-order valence-electron chi connectivity index (χ0n) is 1.17. The zero-order valence-corrected chi connectivity index (χ0v) is 2.91. The standard InChI is InChI=1S/2O.Ru.H4Si/h;;;1H4. The van der Waals surface area contributed by atoms with Crippen LogP contribution in [0.4, 0.5) is 0 Å². The molecule has 4 heavy (non-hydrogen) atoms. The molecule has 0 fully saturated rings. The molecule has 0 rings (SSSR count). The molecule has 0 aromatic carbocycles. The van der Waals surface area contributed by atoms with Crippen molar-refractivity contribution < 1.29 is 24.2 Å². The van der Waals surface area contributed by atoms with E-state index in [0.29, 0.717) is 0 Å². The maximum absolute atomic E-state index is 8.46. The normalized spacial score (nSPS) is 4.00. The first kappa shape index (κ1) is 8.83. The van der Waals surface area contributed by atoms with Gasteiger partial charge in [0.15, 0.2) is 0 Å². The summed E-state index contributed by atoms with van der Waals surface area (Å²) in [6.07, 6.45) is 0. The molecule has 0 radical (unpaired) electrons. The quantitative estimate of drug-likeness (QED) is 0.401. The summed E-state index contributed by atoms with van der Waals surface area (Å²) in [6.45, 7) is 0. The van der Waals surface area contributed by atoms with Crippen LogP contribution < -0.4 is 0 Å². The van der Waals surface area contributed by atoms with E-state index < -0.39 is 17.0 Å². The van der Waals surface area contributed by atoms with Gasteiger partial charge in [0.25, 0.3) is 0 Å². The Morgan fingerprint density at radius 2 is 1.25 bits per heavy atom. The van der Waals surface area contributed by atoms with Crippen molar-refractivity contribution in [3.05, 3.63) is 0 Å². The van der Waals surface area contributed by atoms with Crippen molar-refractivity contribution in [1.82, 2.24) is 0 Å². The molecule has 4 heteroatoms. The molecular formula is H4O2RuSi. The minimum absolute atomic E-state index is 0. The first-order valence-corrected chi connectivity index (χ1v) is 1.71. The summed E-state index contributed by atoms with van der Waals surface area (Å²) in [5.41, 5.74) is 0.